The van der Waals surface area contributed by atoms with Crippen molar-refractivity contribution in [3.8, 4) is 0 Å². The van der Waals surface area contributed by atoms with E-state index in [9.17, 15) is 16.8 Å². The van der Waals surface area contributed by atoms with E-state index in [1.807, 2.05) is 0 Å². The summed E-state index contributed by atoms with van der Waals surface area (Å²) >= 11 is 0. The number of nitrogens with zero attached hydrogens (tertiary/aromatic N) is 2. The summed E-state index contributed by atoms with van der Waals surface area (Å²) in [7, 11) is -3.67. The predicted molar refractivity (Wildman–Crippen MR) is 145 cm³/mol. The molecule has 2 aliphatic rings. The van der Waals surface area contributed by atoms with Gasteiger partial charge in [-0.3, -0.25) is 9.80 Å². The van der Waals surface area contributed by atoms with Gasteiger partial charge >= 0.3 is 0 Å². The molecule has 0 aromatic heterocycles. The smallest absolute Gasteiger partial charge is 0.240 e. The summed E-state index contributed by atoms with van der Waals surface area (Å²) in [5.74, 6) is 0. The molecule has 36 heavy (non-hydrogen) atoms. The molecule has 206 valence electrons. The van der Waals surface area contributed by atoms with Gasteiger partial charge in [-0.15, -0.1) is 0 Å². The standard InChI is InChI=1S/C26H46N4O4S2/c1-23(2)15-19(16-24(3,4)29(23)9)27-35(31,32)21-12-11-13-22(14-21)36(33,34)28-20-17-25(5,6)30(10)26(7,8)18-20/h11-14,19-20,27-28H,15-18H2,1-10H3. The van der Waals surface area contributed by atoms with E-state index in [-0.39, 0.29) is 44.0 Å². The third kappa shape index (κ3) is 5.99. The van der Waals surface area contributed by atoms with Gasteiger partial charge < -0.3 is 0 Å². The number of benzene rings is 1. The van der Waals surface area contributed by atoms with Crippen LogP contribution >= 0.6 is 0 Å². The zero-order valence-corrected chi connectivity index (χ0v) is 25.3. The maximum Gasteiger partial charge on any atom is 0.240 e. The topological polar surface area (TPSA) is 98.8 Å². The summed E-state index contributed by atoms with van der Waals surface area (Å²) < 4.78 is 59.0. The van der Waals surface area contributed by atoms with Crippen molar-refractivity contribution in [3.63, 3.8) is 0 Å². The van der Waals surface area contributed by atoms with Crippen LogP contribution in [-0.2, 0) is 20.0 Å². The molecule has 2 N–H and O–H groups in total. The molecule has 2 saturated heterocycles. The van der Waals surface area contributed by atoms with Gasteiger partial charge in [0.1, 0.15) is 0 Å². The molecule has 0 unspecified atom stereocenters. The Balaban J connectivity index is 1.82. The van der Waals surface area contributed by atoms with Gasteiger partial charge in [0.15, 0.2) is 0 Å². The highest BCUT2D eigenvalue weighted by molar-refractivity contribution is 7.90. The Morgan fingerprint density at radius 3 is 1.19 bits per heavy atom. The Kier molecular flexibility index (Phi) is 7.63. The first-order valence-corrected chi connectivity index (χ1v) is 15.7. The van der Waals surface area contributed by atoms with Gasteiger partial charge in [0.05, 0.1) is 9.79 Å². The van der Waals surface area contributed by atoms with Crippen LogP contribution in [0.1, 0.15) is 81.1 Å². The molecule has 8 nitrogen and oxygen atoms in total. The second-order valence-corrected chi connectivity index (χ2v) is 16.7. The lowest BCUT2D eigenvalue weighted by Crippen LogP contribution is -2.62. The quantitative estimate of drug-likeness (QED) is 0.571. The lowest BCUT2D eigenvalue weighted by atomic mass is 9.78. The summed E-state index contributed by atoms with van der Waals surface area (Å²) in [6, 6.07) is 5.16. The van der Waals surface area contributed by atoms with E-state index in [4.69, 9.17) is 0 Å². The number of hydrogen-bond acceptors (Lipinski definition) is 6. The number of piperidine rings is 2. The van der Waals surface area contributed by atoms with E-state index in [2.05, 4.69) is 88.7 Å². The summed E-state index contributed by atoms with van der Waals surface area (Å²) in [5, 5.41) is 0. The SMILES string of the molecule is CN1C(C)(C)CC(NS(=O)(=O)c2cccc(S(=O)(=O)NC3CC(C)(C)N(C)C(C)(C)C3)c2)CC1(C)C. The Bertz CT molecular complexity index is 1060. The second-order valence-electron chi connectivity index (χ2n) is 13.3. The van der Waals surface area contributed by atoms with Crippen molar-refractivity contribution in [2.24, 2.45) is 0 Å². The molecule has 1 aromatic rings. The van der Waals surface area contributed by atoms with Crippen LogP contribution in [0.25, 0.3) is 0 Å². The normalized spacial score (nSPS) is 25.6. The highest BCUT2D eigenvalue weighted by Crippen LogP contribution is 2.38. The molecule has 2 fully saturated rings. The van der Waals surface area contributed by atoms with Crippen LogP contribution in [0, 0.1) is 0 Å². The molecule has 0 spiro atoms. The number of rotatable bonds is 6. The average Bonchev–Trinajstić information content (AvgIpc) is 2.69. The van der Waals surface area contributed by atoms with Crippen LogP contribution in [0.4, 0.5) is 0 Å². The summed E-state index contributed by atoms with van der Waals surface area (Å²) in [6.45, 7) is 16.9. The molecular weight excluding hydrogens is 496 g/mol. The van der Waals surface area contributed by atoms with E-state index in [1.54, 1.807) is 0 Å². The average molecular weight is 543 g/mol. The van der Waals surface area contributed by atoms with Gasteiger partial charge in [0.2, 0.25) is 20.0 Å². The molecular formula is C26H46N4O4S2. The third-order valence-corrected chi connectivity index (χ3v) is 11.7. The van der Waals surface area contributed by atoms with E-state index < -0.39 is 20.0 Å². The Labute approximate surface area is 219 Å². The largest absolute Gasteiger partial charge is 0.296 e. The van der Waals surface area contributed by atoms with Crippen molar-refractivity contribution in [1.82, 2.24) is 19.2 Å². The zero-order chi connectivity index (χ0) is 27.5. The van der Waals surface area contributed by atoms with Crippen LogP contribution in [-0.4, -0.2) is 75.0 Å². The van der Waals surface area contributed by atoms with Gasteiger partial charge in [0.25, 0.3) is 0 Å². The van der Waals surface area contributed by atoms with E-state index >= 15 is 0 Å². The fraction of sp³-hybridized carbons (Fsp3) is 0.769. The Morgan fingerprint density at radius 2 is 0.917 bits per heavy atom. The van der Waals surface area contributed by atoms with Gasteiger partial charge in [-0.1, -0.05) is 6.07 Å². The molecule has 10 heteroatoms. The fourth-order valence-corrected chi connectivity index (χ4v) is 8.93. The minimum atomic E-state index is -3.91. The molecule has 2 aliphatic heterocycles. The highest BCUT2D eigenvalue weighted by atomic mass is 32.2. The summed E-state index contributed by atoms with van der Waals surface area (Å²) in [4.78, 5) is 4.50. The lowest BCUT2D eigenvalue weighted by Gasteiger charge is -2.53. The minimum Gasteiger partial charge on any atom is -0.296 e. The molecule has 0 amide bonds. The number of nitrogens with one attached hydrogen (secondary N) is 2. The monoisotopic (exact) mass is 542 g/mol. The first-order chi connectivity index (χ1) is 16.1. The van der Waals surface area contributed by atoms with Crippen molar-refractivity contribution in [2.75, 3.05) is 14.1 Å². The minimum absolute atomic E-state index is 0.0380. The van der Waals surface area contributed by atoms with Gasteiger partial charge in [-0.2, -0.15) is 0 Å². The Morgan fingerprint density at radius 1 is 0.639 bits per heavy atom. The molecule has 0 aliphatic carbocycles. The van der Waals surface area contributed by atoms with E-state index in [1.165, 1.54) is 24.3 Å². The molecule has 0 atom stereocenters. The fourth-order valence-electron chi connectivity index (χ4n) is 6.29. The highest BCUT2D eigenvalue weighted by Gasteiger charge is 2.45. The molecule has 0 bridgehead atoms. The maximum absolute atomic E-state index is 13.3. The van der Waals surface area contributed by atoms with Crippen LogP contribution in [0.5, 0.6) is 0 Å². The molecule has 3 rings (SSSR count). The molecule has 0 saturated carbocycles. The van der Waals surface area contributed by atoms with Crippen LogP contribution < -0.4 is 9.44 Å². The maximum atomic E-state index is 13.3. The van der Waals surface area contributed by atoms with Crippen LogP contribution in [0.2, 0.25) is 0 Å². The second kappa shape index (κ2) is 9.31. The van der Waals surface area contributed by atoms with Crippen molar-refractivity contribution in [3.05, 3.63) is 24.3 Å². The Hall–Kier alpha value is -1.04. The van der Waals surface area contributed by atoms with Crippen molar-refractivity contribution >= 4 is 20.0 Å². The van der Waals surface area contributed by atoms with Crippen molar-refractivity contribution < 1.29 is 16.8 Å². The first kappa shape index (κ1) is 29.5. The van der Waals surface area contributed by atoms with Crippen LogP contribution in [0.3, 0.4) is 0 Å². The lowest BCUT2D eigenvalue weighted by molar-refractivity contribution is -0.0143. The number of sulfonamides is 2. The summed E-state index contributed by atoms with van der Waals surface area (Å²) in [5.41, 5.74) is -0.724. The predicted octanol–water partition coefficient (Wildman–Crippen LogP) is 3.55. The molecule has 0 radical (unpaired) electrons. The van der Waals surface area contributed by atoms with Gasteiger partial charge in [-0.25, -0.2) is 26.3 Å². The van der Waals surface area contributed by atoms with E-state index in [0.29, 0.717) is 25.7 Å². The van der Waals surface area contributed by atoms with E-state index in [0.717, 1.165) is 0 Å². The van der Waals surface area contributed by atoms with Gasteiger partial charge in [-0.05, 0) is 113 Å². The van der Waals surface area contributed by atoms with Crippen molar-refractivity contribution in [2.45, 2.75) is 125 Å². The van der Waals surface area contributed by atoms with Gasteiger partial charge in [0, 0.05) is 34.2 Å². The first-order valence-electron chi connectivity index (χ1n) is 12.7. The van der Waals surface area contributed by atoms with Crippen LogP contribution in [0.15, 0.2) is 34.1 Å². The molecule has 1 aromatic carbocycles. The third-order valence-electron chi connectivity index (χ3n) is 8.69. The number of likely N-dealkylation sites (tertiary alicyclic amines) is 2. The summed E-state index contributed by atoms with van der Waals surface area (Å²) in [6.07, 6.45) is 2.64. The zero-order valence-electron chi connectivity index (χ0n) is 23.6. The molecule has 2 heterocycles. The number of hydrogen-bond donors (Lipinski definition) is 2. The van der Waals surface area contributed by atoms with Crippen molar-refractivity contribution in [1.29, 1.82) is 0 Å².